The minimum atomic E-state index is 0.639. The first-order valence-corrected chi connectivity index (χ1v) is 5.81. The average Bonchev–Trinajstić information content (AvgIpc) is 2.79. The monoisotopic (exact) mass is 208 g/mol. The molecule has 0 aromatic carbocycles. The molecule has 1 aliphatic carbocycles. The Labute approximate surface area is 90.9 Å². The molecule has 1 fully saturated rings. The largest absolute Gasteiger partial charge is 0.382 e. The number of aromatic nitrogens is 2. The van der Waals surface area contributed by atoms with Gasteiger partial charge in [0.05, 0.1) is 0 Å². The van der Waals surface area contributed by atoms with E-state index in [-0.39, 0.29) is 0 Å². The number of aryl methyl sites for hydroxylation is 1. The van der Waals surface area contributed by atoms with Crippen LogP contribution in [-0.4, -0.2) is 22.6 Å². The molecular formula is C11H20N4. The molecule has 2 rings (SSSR count). The van der Waals surface area contributed by atoms with Gasteiger partial charge in [-0.15, -0.1) is 0 Å². The van der Waals surface area contributed by atoms with Crippen molar-refractivity contribution in [3.8, 4) is 0 Å². The summed E-state index contributed by atoms with van der Waals surface area (Å²) in [6.45, 7) is 5.10. The molecule has 0 amide bonds. The van der Waals surface area contributed by atoms with Crippen molar-refractivity contribution in [1.29, 1.82) is 0 Å². The van der Waals surface area contributed by atoms with Gasteiger partial charge in [0.2, 0.25) is 0 Å². The molecule has 15 heavy (non-hydrogen) atoms. The van der Waals surface area contributed by atoms with Crippen molar-refractivity contribution in [3.63, 3.8) is 0 Å². The zero-order valence-electron chi connectivity index (χ0n) is 9.58. The first kappa shape index (κ1) is 10.3. The molecule has 0 aliphatic heterocycles. The molecule has 4 nitrogen and oxygen atoms in total. The van der Waals surface area contributed by atoms with E-state index in [9.17, 15) is 0 Å². The summed E-state index contributed by atoms with van der Waals surface area (Å²) in [5.74, 6) is 2.56. The van der Waals surface area contributed by atoms with Crippen molar-refractivity contribution in [3.05, 3.63) is 5.82 Å². The van der Waals surface area contributed by atoms with Crippen LogP contribution in [0.15, 0.2) is 0 Å². The number of anilines is 2. The number of imidazole rings is 1. The maximum absolute atomic E-state index is 5.93. The van der Waals surface area contributed by atoms with Crippen LogP contribution in [-0.2, 0) is 0 Å². The number of rotatable bonds is 3. The zero-order chi connectivity index (χ0) is 10.8. The molecule has 1 aromatic rings. The number of nitrogens with one attached hydrogen (secondary N) is 1. The highest BCUT2D eigenvalue weighted by atomic mass is 15.3. The highest BCUT2D eigenvalue weighted by Crippen LogP contribution is 2.29. The van der Waals surface area contributed by atoms with Crippen molar-refractivity contribution < 1.29 is 0 Å². The minimum absolute atomic E-state index is 0.639. The number of nitrogen functional groups attached to an aromatic ring is 1. The Bertz CT molecular complexity index is 325. The Morgan fingerprint density at radius 1 is 1.47 bits per heavy atom. The summed E-state index contributed by atoms with van der Waals surface area (Å²) in [4.78, 5) is 9.88. The summed E-state index contributed by atoms with van der Waals surface area (Å²) in [6.07, 6.45) is 5.23. The van der Waals surface area contributed by atoms with Crippen LogP contribution in [0.5, 0.6) is 0 Å². The fourth-order valence-corrected chi connectivity index (χ4v) is 2.51. The minimum Gasteiger partial charge on any atom is -0.382 e. The van der Waals surface area contributed by atoms with Gasteiger partial charge in [0.25, 0.3) is 0 Å². The fourth-order valence-electron chi connectivity index (χ4n) is 2.51. The van der Waals surface area contributed by atoms with Gasteiger partial charge in [0.1, 0.15) is 11.6 Å². The fraction of sp³-hybridized carbons (Fsp3) is 0.727. The van der Waals surface area contributed by atoms with Crippen LogP contribution in [0.3, 0.4) is 0 Å². The molecule has 0 spiro atoms. The lowest BCUT2D eigenvalue weighted by Crippen LogP contribution is -2.33. The number of H-pyrrole nitrogens is 1. The van der Waals surface area contributed by atoms with Gasteiger partial charge in [-0.1, -0.05) is 12.8 Å². The molecule has 0 saturated heterocycles. The Kier molecular flexibility index (Phi) is 2.84. The smallest absolute Gasteiger partial charge is 0.171 e. The lowest BCUT2D eigenvalue weighted by molar-refractivity contribution is 0.615. The number of aromatic amines is 1. The second-order valence-electron chi connectivity index (χ2n) is 4.28. The van der Waals surface area contributed by atoms with Crippen LogP contribution in [0, 0.1) is 6.92 Å². The van der Waals surface area contributed by atoms with Crippen molar-refractivity contribution in [2.75, 3.05) is 17.2 Å². The van der Waals surface area contributed by atoms with E-state index in [0.29, 0.717) is 11.9 Å². The van der Waals surface area contributed by atoms with E-state index < -0.39 is 0 Å². The molecule has 4 heteroatoms. The molecule has 0 radical (unpaired) electrons. The Balaban J connectivity index is 2.21. The van der Waals surface area contributed by atoms with Gasteiger partial charge in [-0.25, -0.2) is 4.98 Å². The van der Waals surface area contributed by atoms with E-state index in [1.54, 1.807) is 0 Å². The third-order valence-electron chi connectivity index (χ3n) is 3.21. The van der Waals surface area contributed by atoms with Crippen molar-refractivity contribution in [2.24, 2.45) is 0 Å². The third-order valence-corrected chi connectivity index (χ3v) is 3.21. The lowest BCUT2D eigenvalue weighted by atomic mass is 10.2. The van der Waals surface area contributed by atoms with Crippen LogP contribution < -0.4 is 10.6 Å². The van der Waals surface area contributed by atoms with Gasteiger partial charge in [-0.3, -0.25) is 0 Å². The van der Waals surface area contributed by atoms with Crippen LogP contribution in [0.25, 0.3) is 0 Å². The molecule has 3 N–H and O–H groups in total. The normalized spacial score (nSPS) is 17.2. The summed E-state index contributed by atoms with van der Waals surface area (Å²) < 4.78 is 0. The lowest BCUT2D eigenvalue weighted by Gasteiger charge is -2.27. The van der Waals surface area contributed by atoms with Gasteiger partial charge in [-0.05, 0) is 26.7 Å². The molecule has 1 heterocycles. The van der Waals surface area contributed by atoms with E-state index in [1.165, 1.54) is 25.7 Å². The standard InChI is InChI=1S/C11H20N4/c1-3-15(9-6-4-5-7-9)11-10(12)13-8(2)14-11/h9H,3-7,12H2,1-2H3,(H,13,14). The van der Waals surface area contributed by atoms with Crippen molar-refractivity contribution >= 4 is 11.6 Å². The summed E-state index contributed by atoms with van der Waals surface area (Å²) >= 11 is 0. The summed E-state index contributed by atoms with van der Waals surface area (Å²) in [5.41, 5.74) is 5.93. The number of hydrogen-bond acceptors (Lipinski definition) is 3. The van der Waals surface area contributed by atoms with Gasteiger partial charge in [0, 0.05) is 12.6 Å². The van der Waals surface area contributed by atoms with E-state index in [4.69, 9.17) is 5.73 Å². The quantitative estimate of drug-likeness (QED) is 0.799. The van der Waals surface area contributed by atoms with Crippen LogP contribution >= 0.6 is 0 Å². The third kappa shape index (κ3) is 1.94. The molecule has 0 unspecified atom stereocenters. The molecule has 84 valence electrons. The van der Waals surface area contributed by atoms with E-state index in [1.807, 2.05) is 6.92 Å². The van der Waals surface area contributed by atoms with Crippen LogP contribution in [0.1, 0.15) is 38.4 Å². The Morgan fingerprint density at radius 3 is 2.60 bits per heavy atom. The molecular weight excluding hydrogens is 188 g/mol. The van der Waals surface area contributed by atoms with E-state index in [2.05, 4.69) is 21.8 Å². The van der Waals surface area contributed by atoms with Gasteiger partial charge < -0.3 is 15.6 Å². The highest BCUT2D eigenvalue weighted by Gasteiger charge is 2.24. The number of hydrogen-bond donors (Lipinski definition) is 2. The number of nitrogens with zero attached hydrogens (tertiary/aromatic N) is 2. The maximum Gasteiger partial charge on any atom is 0.171 e. The topological polar surface area (TPSA) is 57.9 Å². The van der Waals surface area contributed by atoms with Gasteiger partial charge in [0.15, 0.2) is 5.82 Å². The zero-order valence-corrected chi connectivity index (χ0v) is 9.58. The van der Waals surface area contributed by atoms with Gasteiger partial charge >= 0.3 is 0 Å². The molecule has 1 saturated carbocycles. The predicted octanol–water partition coefficient (Wildman–Crippen LogP) is 2.07. The molecule has 0 bridgehead atoms. The maximum atomic E-state index is 5.93. The van der Waals surface area contributed by atoms with Crippen molar-refractivity contribution in [2.45, 2.75) is 45.6 Å². The second kappa shape index (κ2) is 4.13. The predicted molar refractivity (Wildman–Crippen MR) is 63.0 cm³/mol. The Hall–Kier alpha value is -1.19. The molecule has 0 atom stereocenters. The first-order valence-electron chi connectivity index (χ1n) is 5.81. The van der Waals surface area contributed by atoms with Crippen molar-refractivity contribution in [1.82, 2.24) is 9.97 Å². The van der Waals surface area contributed by atoms with Crippen LogP contribution in [0.4, 0.5) is 11.6 Å². The van der Waals surface area contributed by atoms with E-state index >= 15 is 0 Å². The van der Waals surface area contributed by atoms with Crippen LogP contribution in [0.2, 0.25) is 0 Å². The first-order chi connectivity index (χ1) is 7.22. The van der Waals surface area contributed by atoms with E-state index in [0.717, 1.165) is 18.2 Å². The number of nitrogens with two attached hydrogens (primary N) is 1. The SMILES string of the molecule is CCN(c1nc(C)[nH]c1N)C1CCCC1. The summed E-state index contributed by atoms with van der Waals surface area (Å²) in [6, 6.07) is 0.639. The average molecular weight is 208 g/mol. The highest BCUT2D eigenvalue weighted by molar-refractivity contribution is 5.59. The summed E-state index contributed by atoms with van der Waals surface area (Å²) in [5, 5.41) is 0. The molecule has 1 aliphatic rings. The molecule has 1 aromatic heterocycles. The second-order valence-corrected chi connectivity index (χ2v) is 4.28. The summed E-state index contributed by atoms with van der Waals surface area (Å²) in [7, 11) is 0. The van der Waals surface area contributed by atoms with Gasteiger partial charge in [-0.2, -0.15) is 0 Å². The Morgan fingerprint density at radius 2 is 2.13 bits per heavy atom.